The van der Waals surface area contributed by atoms with Gasteiger partial charge in [-0.15, -0.1) is 0 Å². The van der Waals surface area contributed by atoms with Crippen LogP contribution in [0.25, 0.3) is 0 Å². The second kappa shape index (κ2) is 6.52. The molecule has 1 unspecified atom stereocenters. The first-order valence-electron chi connectivity index (χ1n) is 6.91. The molecule has 108 valence electrons. The van der Waals surface area contributed by atoms with Gasteiger partial charge in [0.2, 0.25) is 11.7 Å². The van der Waals surface area contributed by atoms with Crippen LogP contribution in [0.15, 0.2) is 28.8 Å². The van der Waals surface area contributed by atoms with Crippen molar-refractivity contribution in [3.05, 3.63) is 41.5 Å². The van der Waals surface area contributed by atoms with Crippen molar-refractivity contribution in [1.82, 2.24) is 10.1 Å². The summed E-state index contributed by atoms with van der Waals surface area (Å²) in [5.41, 5.74) is 7.08. The van der Waals surface area contributed by atoms with E-state index in [1.807, 2.05) is 38.1 Å². The van der Waals surface area contributed by atoms with E-state index in [1.165, 1.54) is 0 Å². The third-order valence-electron chi connectivity index (χ3n) is 3.09. The highest BCUT2D eigenvalue weighted by Crippen LogP contribution is 2.26. The molecule has 0 spiro atoms. The number of nitrogens with two attached hydrogens (primary N) is 1. The fourth-order valence-corrected chi connectivity index (χ4v) is 1.84. The summed E-state index contributed by atoms with van der Waals surface area (Å²) in [5, 5.41) is 3.90. The summed E-state index contributed by atoms with van der Waals surface area (Å²) < 4.78 is 10.9. The van der Waals surface area contributed by atoms with Crippen molar-refractivity contribution in [1.29, 1.82) is 0 Å². The highest BCUT2D eigenvalue weighted by Gasteiger charge is 2.13. The number of aromatic nitrogens is 2. The zero-order chi connectivity index (χ0) is 14.5. The van der Waals surface area contributed by atoms with Crippen molar-refractivity contribution in [2.24, 2.45) is 5.73 Å². The predicted molar refractivity (Wildman–Crippen MR) is 76.4 cm³/mol. The molecule has 0 aliphatic rings. The van der Waals surface area contributed by atoms with Gasteiger partial charge in [0, 0.05) is 17.5 Å². The number of nitrogens with zero attached hydrogens (tertiary/aromatic N) is 2. The van der Waals surface area contributed by atoms with Crippen molar-refractivity contribution in [3.63, 3.8) is 0 Å². The molecule has 5 heteroatoms. The van der Waals surface area contributed by atoms with Crippen LogP contribution >= 0.6 is 0 Å². The van der Waals surface area contributed by atoms with Crippen molar-refractivity contribution in [3.8, 4) is 5.75 Å². The minimum absolute atomic E-state index is 0.0253. The van der Waals surface area contributed by atoms with E-state index in [2.05, 4.69) is 17.1 Å². The lowest BCUT2D eigenvalue weighted by atomic mass is 10.0. The molecule has 0 bridgehead atoms. The zero-order valence-electron chi connectivity index (χ0n) is 12.2. The normalized spacial score (nSPS) is 12.7. The van der Waals surface area contributed by atoms with Crippen LogP contribution < -0.4 is 10.5 Å². The Morgan fingerprint density at radius 1 is 1.30 bits per heavy atom. The quantitative estimate of drug-likeness (QED) is 0.876. The molecule has 0 fully saturated rings. The Kier molecular flexibility index (Phi) is 4.74. The zero-order valence-corrected chi connectivity index (χ0v) is 12.2. The highest BCUT2D eigenvalue weighted by atomic mass is 16.5. The minimum Gasteiger partial charge on any atom is -0.485 e. The van der Waals surface area contributed by atoms with Crippen LogP contribution in [0, 0.1) is 0 Å². The predicted octanol–water partition coefficient (Wildman–Crippen LogP) is 3.18. The van der Waals surface area contributed by atoms with E-state index in [0.29, 0.717) is 11.7 Å². The van der Waals surface area contributed by atoms with Gasteiger partial charge in [-0.25, -0.2) is 0 Å². The molecule has 0 saturated carbocycles. The molecule has 0 aliphatic carbocycles. The van der Waals surface area contributed by atoms with Gasteiger partial charge in [0.05, 0.1) is 0 Å². The number of rotatable bonds is 6. The van der Waals surface area contributed by atoms with E-state index in [1.54, 1.807) is 0 Å². The van der Waals surface area contributed by atoms with Gasteiger partial charge in [0.25, 0.3) is 0 Å². The Balaban J connectivity index is 2.06. The van der Waals surface area contributed by atoms with Crippen molar-refractivity contribution >= 4 is 0 Å². The number of benzene rings is 1. The summed E-state index contributed by atoms with van der Waals surface area (Å²) in [7, 11) is 0. The maximum absolute atomic E-state index is 6.08. The Hall–Kier alpha value is -1.88. The molecule has 20 heavy (non-hydrogen) atoms. The fourth-order valence-electron chi connectivity index (χ4n) is 1.84. The van der Waals surface area contributed by atoms with Gasteiger partial charge >= 0.3 is 0 Å². The maximum atomic E-state index is 6.08. The largest absolute Gasteiger partial charge is 0.485 e. The molecule has 2 N–H and O–H groups in total. The molecule has 2 rings (SSSR count). The molecule has 0 amide bonds. The van der Waals surface area contributed by atoms with Crippen molar-refractivity contribution in [2.45, 2.75) is 45.8 Å². The molecule has 2 aromatic rings. The topological polar surface area (TPSA) is 74.2 Å². The van der Waals surface area contributed by atoms with Crippen molar-refractivity contribution in [2.75, 3.05) is 0 Å². The van der Waals surface area contributed by atoms with Crippen LogP contribution in [-0.2, 0) is 6.61 Å². The van der Waals surface area contributed by atoms with Gasteiger partial charge in [0.15, 0.2) is 6.61 Å². The van der Waals surface area contributed by atoms with E-state index in [-0.39, 0.29) is 18.6 Å². The average molecular weight is 275 g/mol. The summed E-state index contributed by atoms with van der Waals surface area (Å²) in [6.07, 6.45) is 0.861. The van der Waals surface area contributed by atoms with E-state index in [4.69, 9.17) is 15.0 Å². The summed E-state index contributed by atoms with van der Waals surface area (Å²) in [6, 6.07) is 7.76. The van der Waals surface area contributed by atoms with Crippen molar-refractivity contribution < 1.29 is 9.26 Å². The second-order valence-electron chi connectivity index (χ2n) is 5.04. The van der Waals surface area contributed by atoms with Gasteiger partial charge in [-0.05, 0) is 12.5 Å². The average Bonchev–Trinajstić information content (AvgIpc) is 2.93. The highest BCUT2D eigenvalue weighted by molar-refractivity contribution is 5.35. The van der Waals surface area contributed by atoms with Crippen LogP contribution in [0.1, 0.15) is 56.4 Å². The van der Waals surface area contributed by atoms with Crippen LogP contribution in [0.5, 0.6) is 5.75 Å². The van der Waals surface area contributed by atoms with E-state index in [0.717, 1.165) is 17.7 Å². The molecule has 1 aromatic carbocycles. The summed E-state index contributed by atoms with van der Waals surface area (Å²) >= 11 is 0. The maximum Gasteiger partial charge on any atom is 0.229 e. The Morgan fingerprint density at radius 3 is 2.70 bits per heavy atom. The molecular weight excluding hydrogens is 254 g/mol. The second-order valence-corrected chi connectivity index (χ2v) is 5.04. The summed E-state index contributed by atoms with van der Waals surface area (Å²) in [5.74, 6) is 2.17. The lowest BCUT2D eigenvalue weighted by Gasteiger charge is -2.14. The van der Waals surface area contributed by atoms with Gasteiger partial charge in [0.1, 0.15) is 5.75 Å². The fraction of sp³-hybridized carbons (Fsp3) is 0.467. The monoisotopic (exact) mass is 275 g/mol. The lowest BCUT2D eigenvalue weighted by molar-refractivity contribution is 0.280. The first-order valence-corrected chi connectivity index (χ1v) is 6.91. The smallest absolute Gasteiger partial charge is 0.229 e. The molecule has 1 atom stereocenters. The molecule has 5 nitrogen and oxygen atoms in total. The van der Waals surface area contributed by atoms with Crippen LogP contribution in [0.2, 0.25) is 0 Å². The van der Waals surface area contributed by atoms with E-state index in [9.17, 15) is 0 Å². The van der Waals surface area contributed by atoms with E-state index >= 15 is 0 Å². The Bertz CT molecular complexity index is 552. The molecule has 0 radical (unpaired) electrons. The van der Waals surface area contributed by atoms with Crippen LogP contribution in [0.3, 0.4) is 0 Å². The summed E-state index contributed by atoms with van der Waals surface area (Å²) in [4.78, 5) is 4.29. The molecular formula is C15H21N3O2. The molecule has 1 aromatic heterocycles. The van der Waals surface area contributed by atoms with Gasteiger partial charge in [-0.3, -0.25) is 0 Å². The first kappa shape index (κ1) is 14.5. The third-order valence-corrected chi connectivity index (χ3v) is 3.09. The number of hydrogen-bond donors (Lipinski definition) is 1. The SMILES string of the molecule is CCC(N)c1ccccc1OCc1noc(C(C)C)n1. The van der Waals surface area contributed by atoms with Gasteiger partial charge in [-0.2, -0.15) is 4.98 Å². The van der Waals surface area contributed by atoms with Crippen LogP contribution in [0.4, 0.5) is 0 Å². The molecule has 0 aliphatic heterocycles. The molecule has 1 heterocycles. The summed E-state index contributed by atoms with van der Waals surface area (Å²) in [6.45, 7) is 6.35. The van der Waals surface area contributed by atoms with Gasteiger partial charge in [-0.1, -0.05) is 44.1 Å². The first-order chi connectivity index (χ1) is 9.61. The third kappa shape index (κ3) is 3.36. The standard InChI is InChI=1S/C15H21N3O2/c1-4-12(16)11-7-5-6-8-13(11)19-9-14-17-15(10(2)3)20-18-14/h5-8,10,12H,4,9,16H2,1-3H3. The Morgan fingerprint density at radius 2 is 2.05 bits per heavy atom. The number of ether oxygens (including phenoxy) is 1. The van der Waals surface area contributed by atoms with E-state index < -0.39 is 0 Å². The molecule has 0 saturated heterocycles. The number of hydrogen-bond acceptors (Lipinski definition) is 5. The lowest BCUT2D eigenvalue weighted by Crippen LogP contribution is -2.11. The minimum atomic E-state index is -0.0253. The number of para-hydroxylation sites is 1. The Labute approximate surface area is 119 Å². The van der Waals surface area contributed by atoms with Gasteiger partial charge < -0.3 is 15.0 Å². The van der Waals surface area contributed by atoms with Crippen LogP contribution in [-0.4, -0.2) is 10.1 Å².